The molecule has 1 heterocycles. The second-order valence-electron chi connectivity index (χ2n) is 5.48. The fourth-order valence-electron chi connectivity index (χ4n) is 2.09. The van der Waals surface area contributed by atoms with Gasteiger partial charge in [0, 0.05) is 15.2 Å². The zero-order chi connectivity index (χ0) is 19.2. The number of nitrogens with zero attached hydrogens (tertiary/aromatic N) is 4. The normalized spacial score (nSPS) is 11.1. The molecule has 0 bridgehead atoms. The second kappa shape index (κ2) is 9.16. The molecule has 0 saturated heterocycles. The van der Waals surface area contributed by atoms with Crippen molar-refractivity contribution in [2.24, 2.45) is 5.10 Å². The van der Waals surface area contributed by atoms with Crippen LogP contribution in [-0.2, 0) is 4.79 Å². The Morgan fingerprint density at radius 3 is 2.63 bits per heavy atom. The molecule has 1 amide bonds. The van der Waals surface area contributed by atoms with Gasteiger partial charge in [0.2, 0.25) is 11.1 Å². The number of halogens is 2. The lowest BCUT2D eigenvalue weighted by Crippen LogP contribution is -2.14. The summed E-state index contributed by atoms with van der Waals surface area (Å²) in [5, 5.41) is 16.6. The van der Waals surface area contributed by atoms with Gasteiger partial charge in [-0.2, -0.15) is 9.78 Å². The van der Waals surface area contributed by atoms with Crippen molar-refractivity contribution in [1.29, 1.82) is 0 Å². The molecule has 0 saturated carbocycles. The first-order chi connectivity index (χ1) is 13.0. The molecule has 2 aromatic carbocycles. The molecule has 0 fully saturated rings. The van der Waals surface area contributed by atoms with Crippen LogP contribution in [0.15, 0.2) is 63.3 Å². The standard InChI is InChI=1S/C18H15BrClN5OS/c1-12-23-24-18(25(12)21-10-13-2-6-15(20)7-3-13)27-11-17(26)22-16-8-4-14(19)5-9-16/h2-10H,11H2,1H3,(H,22,26)/b21-10+. The van der Waals surface area contributed by atoms with Gasteiger partial charge in [-0.25, -0.2) is 0 Å². The number of benzene rings is 2. The van der Waals surface area contributed by atoms with Crippen LogP contribution >= 0.6 is 39.3 Å². The predicted octanol–water partition coefficient (Wildman–Crippen LogP) is 4.62. The molecule has 138 valence electrons. The summed E-state index contributed by atoms with van der Waals surface area (Å²) >= 11 is 10.5. The zero-order valence-electron chi connectivity index (χ0n) is 14.3. The fraction of sp³-hybridized carbons (Fsp3) is 0.111. The molecule has 6 nitrogen and oxygen atoms in total. The van der Waals surface area contributed by atoms with Gasteiger partial charge in [0.25, 0.3) is 0 Å². The van der Waals surface area contributed by atoms with Crippen LogP contribution in [0.5, 0.6) is 0 Å². The van der Waals surface area contributed by atoms with Crippen LogP contribution < -0.4 is 5.32 Å². The molecule has 3 rings (SSSR count). The number of aromatic nitrogens is 3. The van der Waals surface area contributed by atoms with E-state index in [1.807, 2.05) is 36.4 Å². The number of amides is 1. The lowest BCUT2D eigenvalue weighted by molar-refractivity contribution is -0.113. The van der Waals surface area contributed by atoms with E-state index in [9.17, 15) is 4.79 Å². The van der Waals surface area contributed by atoms with Crippen LogP contribution in [0.3, 0.4) is 0 Å². The number of thioether (sulfide) groups is 1. The van der Waals surface area contributed by atoms with Crippen molar-refractivity contribution in [1.82, 2.24) is 14.9 Å². The molecular weight excluding hydrogens is 450 g/mol. The summed E-state index contributed by atoms with van der Waals surface area (Å²) in [6, 6.07) is 14.7. The molecule has 0 spiro atoms. The van der Waals surface area contributed by atoms with Gasteiger partial charge in [-0.3, -0.25) is 4.79 Å². The zero-order valence-corrected chi connectivity index (χ0v) is 17.4. The topological polar surface area (TPSA) is 72.2 Å². The van der Waals surface area contributed by atoms with Crippen molar-refractivity contribution in [2.75, 3.05) is 11.1 Å². The maximum atomic E-state index is 12.1. The summed E-state index contributed by atoms with van der Waals surface area (Å²) in [5.74, 6) is 0.706. The maximum Gasteiger partial charge on any atom is 0.234 e. The minimum Gasteiger partial charge on any atom is -0.325 e. The van der Waals surface area contributed by atoms with Crippen LogP contribution in [0.4, 0.5) is 5.69 Å². The summed E-state index contributed by atoms with van der Waals surface area (Å²) < 4.78 is 2.56. The first kappa shape index (κ1) is 19.6. The van der Waals surface area contributed by atoms with E-state index in [0.717, 1.165) is 15.7 Å². The van der Waals surface area contributed by atoms with Crippen molar-refractivity contribution >= 4 is 57.1 Å². The Hall–Kier alpha value is -2.16. The van der Waals surface area contributed by atoms with Crippen LogP contribution in [0.2, 0.25) is 5.02 Å². The smallest absolute Gasteiger partial charge is 0.234 e. The molecule has 1 N–H and O–H groups in total. The summed E-state index contributed by atoms with van der Waals surface area (Å²) in [6.07, 6.45) is 1.69. The minimum absolute atomic E-state index is 0.129. The molecule has 0 aliphatic carbocycles. The maximum absolute atomic E-state index is 12.1. The lowest BCUT2D eigenvalue weighted by atomic mass is 10.2. The summed E-state index contributed by atoms with van der Waals surface area (Å²) in [6.45, 7) is 1.80. The van der Waals surface area contributed by atoms with Gasteiger partial charge in [0.1, 0.15) is 0 Å². The van der Waals surface area contributed by atoms with Crippen molar-refractivity contribution in [3.63, 3.8) is 0 Å². The van der Waals surface area contributed by atoms with E-state index in [2.05, 4.69) is 36.5 Å². The van der Waals surface area contributed by atoms with E-state index in [-0.39, 0.29) is 11.7 Å². The number of carbonyl (C=O) groups is 1. The molecule has 27 heavy (non-hydrogen) atoms. The number of hydrogen-bond acceptors (Lipinski definition) is 5. The summed E-state index contributed by atoms with van der Waals surface area (Å²) in [5.41, 5.74) is 1.64. The number of rotatable bonds is 6. The Kier molecular flexibility index (Phi) is 6.65. The van der Waals surface area contributed by atoms with Gasteiger partial charge in [0.05, 0.1) is 12.0 Å². The highest BCUT2D eigenvalue weighted by Crippen LogP contribution is 2.18. The van der Waals surface area contributed by atoms with Crippen molar-refractivity contribution in [3.8, 4) is 0 Å². The number of nitrogens with one attached hydrogen (secondary N) is 1. The van der Waals surface area contributed by atoms with E-state index < -0.39 is 0 Å². The van der Waals surface area contributed by atoms with Gasteiger partial charge >= 0.3 is 0 Å². The van der Waals surface area contributed by atoms with Gasteiger partial charge in [-0.05, 0) is 48.9 Å². The van der Waals surface area contributed by atoms with E-state index >= 15 is 0 Å². The average molecular weight is 465 g/mol. The molecule has 0 aliphatic rings. The predicted molar refractivity (Wildman–Crippen MR) is 113 cm³/mol. The number of hydrogen-bond donors (Lipinski definition) is 1. The van der Waals surface area contributed by atoms with Crippen LogP contribution in [0, 0.1) is 6.92 Å². The SMILES string of the molecule is Cc1nnc(SCC(=O)Nc2ccc(Br)cc2)n1/N=C/c1ccc(Cl)cc1. The Morgan fingerprint density at radius 1 is 1.22 bits per heavy atom. The highest BCUT2D eigenvalue weighted by molar-refractivity contribution is 9.10. The fourth-order valence-corrected chi connectivity index (χ4v) is 3.22. The van der Waals surface area contributed by atoms with E-state index in [4.69, 9.17) is 11.6 Å². The first-order valence-corrected chi connectivity index (χ1v) is 10.1. The van der Waals surface area contributed by atoms with Crippen molar-refractivity contribution in [2.45, 2.75) is 12.1 Å². The third-order valence-corrected chi connectivity index (χ3v) is 5.12. The van der Waals surface area contributed by atoms with Gasteiger partial charge < -0.3 is 5.32 Å². The Bertz CT molecular complexity index is 957. The third kappa shape index (κ3) is 5.66. The van der Waals surface area contributed by atoms with E-state index in [1.165, 1.54) is 11.8 Å². The van der Waals surface area contributed by atoms with Gasteiger partial charge in [-0.1, -0.05) is 51.4 Å². The third-order valence-electron chi connectivity index (χ3n) is 3.42. The van der Waals surface area contributed by atoms with Gasteiger partial charge in [0.15, 0.2) is 5.82 Å². The molecule has 9 heteroatoms. The molecule has 0 radical (unpaired) electrons. The van der Waals surface area contributed by atoms with Gasteiger partial charge in [-0.15, -0.1) is 10.2 Å². The summed E-state index contributed by atoms with van der Waals surface area (Å²) in [7, 11) is 0. The molecule has 0 aliphatic heterocycles. The average Bonchev–Trinajstić information content (AvgIpc) is 3.01. The van der Waals surface area contributed by atoms with E-state index in [1.54, 1.807) is 29.9 Å². The number of anilines is 1. The van der Waals surface area contributed by atoms with Crippen LogP contribution in [0.25, 0.3) is 0 Å². The van der Waals surface area contributed by atoms with Crippen LogP contribution in [0.1, 0.15) is 11.4 Å². The number of aryl methyl sites for hydroxylation is 1. The largest absolute Gasteiger partial charge is 0.325 e. The lowest BCUT2D eigenvalue weighted by Gasteiger charge is -2.05. The van der Waals surface area contributed by atoms with Crippen molar-refractivity contribution < 1.29 is 4.79 Å². The molecule has 3 aromatic rings. The van der Waals surface area contributed by atoms with Crippen molar-refractivity contribution in [3.05, 3.63) is 69.4 Å². The second-order valence-corrected chi connectivity index (χ2v) is 7.78. The quantitative estimate of drug-likeness (QED) is 0.427. The van der Waals surface area contributed by atoms with E-state index in [0.29, 0.717) is 16.0 Å². The first-order valence-electron chi connectivity index (χ1n) is 7.91. The Morgan fingerprint density at radius 2 is 1.93 bits per heavy atom. The highest BCUT2D eigenvalue weighted by atomic mass is 79.9. The summed E-state index contributed by atoms with van der Waals surface area (Å²) in [4.78, 5) is 12.1. The van der Waals surface area contributed by atoms with Crippen LogP contribution in [-0.4, -0.2) is 32.7 Å². The molecular formula is C18H15BrClN5OS. The minimum atomic E-state index is -0.129. The molecule has 1 aromatic heterocycles. The molecule has 0 atom stereocenters. The number of carbonyl (C=O) groups excluding carboxylic acids is 1. The highest BCUT2D eigenvalue weighted by Gasteiger charge is 2.11. The Labute approximate surface area is 174 Å². The Balaban J connectivity index is 1.63. The monoisotopic (exact) mass is 463 g/mol. The molecule has 0 unspecified atom stereocenters.